The van der Waals surface area contributed by atoms with Crippen molar-refractivity contribution in [1.82, 2.24) is 20.4 Å². The molecule has 11 rings (SSSR count). The van der Waals surface area contributed by atoms with Gasteiger partial charge < -0.3 is 45.5 Å². The Morgan fingerprint density at radius 3 is 1.66 bits per heavy atom. The predicted octanol–water partition coefficient (Wildman–Crippen LogP) is 20.8. The number of hydrogen-bond acceptors (Lipinski definition) is 18. The first-order valence-electron chi connectivity index (χ1n) is 42.3. The van der Waals surface area contributed by atoms with Crippen LogP contribution in [0.4, 0.5) is 33.2 Å². The number of rotatable bonds is 29. The van der Waals surface area contributed by atoms with Crippen molar-refractivity contribution in [2.45, 2.75) is 194 Å². The number of carbonyl (C=O) groups is 12. The van der Waals surface area contributed by atoms with E-state index in [4.69, 9.17) is 100 Å². The topological polar surface area (TPSA) is 340 Å². The van der Waals surface area contributed by atoms with Crippen LogP contribution >= 0.6 is 81.2 Å². The summed E-state index contributed by atoms with van der Waals surface area (Å²) in [6.07, 6.45) is -0.436. The normalized spacial score (nSPS) is 15.0. The molecule has 5 N–H and O–H groups in total. The molecule has 8 aromatic rings. The maximum absolute atomic E-state index is 13.5. The number of hydrazone groups is 2. The van der Waals surface area contributed by atoms with Crippen LogP contribution in [0.25, 0.3) is 0 Å². The molecule has 34 heteroatoms. The van der Waals surface area contributed by atoms with Crippen LogP contribution in [0.5, 0.6) is 11.5 Å². The second-order valence-corrected chi connectivity index (χ2v) is 36.7. The summed E-state index contributed by atoms with van der Waals surface area (Å²) in [6, 6.07) is 44.0. The van der Waals surface area contributed by atoms with Crippen molar-refractivity contribution in [3.63, 3.8) is 0 Å². The zero-order valence-corrected chi connectivity index (χ0v) is 81.2. The van der Waals surface area contributed by atoms with Crippen LogP contribution < -0.4 is 46.1 Å². The lowest BCUT2D eigenvalue weighted by Gasteiger charge is -2.29. The molecule has 3 heterocycles. The van der Waals surface area contributed by atoms with Gasteiger partial charge in [0, 0.05) is 44.1 Å². The minimum absolute atomic E-state index is 0.0665. The van der Waals surface area contributed by atoms with Gasteiger partial charge in [-0.3, -0.25) is 57.6 Å². The molecule has 3 aliphatic heterocycles. The number of aryl methyl sites for hydroxylation is 5. The van der Waals surface area contributed by atoms with Crippen molar-refractivity contribution in [2.24, 2.45) is 32.4 Å². The first kappa shape index (κ1) is 105. The van der Waals surface area contributed by atoms with Gasteiger partial charge in [-0.1, -0.05) is 248 Å². The van der Waals surface area contributed by atoms with Gasteiger partial charge in [-0.2, -0.15) is 20.2 Å². The summed E-state index contributed by atoms with van der Waals surface area (Å²) in [6.45, 7) is 31.4. The van der Waals surface area contributed by atoms with E-state index in [1.807, 2.05) is 122 Å². The minimum Gasteiger partial charge on any atom is -0.480 e. The molecule has 27 nitrogen and oxygen atoms in total. The highest BCUT2D eigenvalue weighted by Crippen LogP contribution is 2.40. The fourth-order valence-corrected chi connectivity index (χ4v) is 15.0. The van der Waals surface area contributed by atoms with Crippen LogP contribution in [-0.2, 0) is 64.0 Å². The van der Waals surface area contributed by atoms with Crippen LogP contribution in [0.2, 0.25) is 35.2 Å². The molecule has 6 atom stereocenters. The summed E-state index contributed by atoms with van der Waals surface area (Å²) in [5.41, 5.74) is 5.02. The van der Waals surface area contributed by atoms with Crippen molar-refractivity contribution in [3.8, 4) is 11.5 Å². The number of carbonyl (C=O) groups excluding carboxylic acids is 12. The molecule has 1 saturated heterocycles. The number of ketones is 2. The quantitative estimate of drug-likeness (QED) is 0.0126. The largest absolute Gasteiger partial charge is 0.480 e. The van der Waals surface area contributed by atoms with Gasteiger partial charge in [-0.15, -0.1) is 0 Å². The number of amidine groups is 2. The average molecular weight is 1930 g/mol. The number of ether oxygens (including phenoxy) is 4. The van der Waals surface area contributed by atoms with E-state index in [1.165, 1.54) is 29.2 Å². The Hall–Kier alpha value is -11.3. The van der Waals surface area contributed by atoms with E-state index in [-0.39, 0.29) is 99.1 Å². The molecular weight excluding hydrogens is 1820 g/mol. The number of benzene rings is 8. The molecule has 0 radical (unpaired) electrons. The van der Waals surface area contributed by atoms with Gasteiger partial charge in [0.25, 0.3) is 41.4 Å². The molecule has 0 spiro atoms. The molecule has 131 heavy (non-hydrogen) atoms. The van der Waals surface area contributed by atoms with Crippen LogP contribution in [0.15, 0.2) is 174 Å². The summed E-state index contributed by atoms with van der Waals surface area (Å²) in [5, 5.41) is 26.1. The van der Waals surface area contributed by atoms with Crippen LogP contribution in [-0.4, -0.2) is 130 Å². The van der Waals surface area contributed by atoms with E-state index in [9.17, 15) is 57.5 Å². The molecule has 0 aromatic heterocycles. The number of nitrogens with zero attached hydrogens (tertiary/aromatic N) is 6. The first-order valence-corrected chi connectivity index (χ1v) is 44.9. The molecule has 0 aliphatic carbocycles. The van der Waals surface area contributed by atoms with Crippen LogP contribution in [0.1, 0.15) is 172 Å². The van der Waals surface area contributed by atoms with Crippen molar-refractivity contribution < 1.29 is 76.5 Å². The molecule has 6 unspecified atom stereocenters. The lowest BCUT2D eigenvalue weighted by Crippen LogP contribution is -2.55. The minimum atomic E-state index is -1.70. The number of imide groups is 1. The number of urea groups is 1. The number of Topliss-reactive ketones (excluding diaryl/α,β-unsaturated/α-hetero) is 2. The zero-order chi connectivity index (χ0) is 96.8. The molecule has 0 bridgehead atoms. The Bertz CT molecular complexity index is 5630. The smallest absolute Gasteiger partial charge is 0.330 e. The number of esters is 1. The summed E-state index contributed by atoms with van der Waals surface area (Å²) in [4.78, 5) is 158. The van der Waals surface area contributed by atoms with Gasteiger partial charge in [0.2, 0.25) is 18.2 Å². The third-order valence-electron chi connectivity index (χ3n) is 20.7. The third-order valence-corrected chi connectivity index (χ3v) is 22.7. The average Bonchev–Trinajstić information content (AvgIpc) is 1.61. The van der Waals surface area contributed by atoms with Crippen molar-refractivity contribution in [1.29, 1.82) is 0 Å². The molecule has 696 valence electrons. The lowest BCUT2D eigenvalue weighted by molar-refractivity contribution is -0.150. The molecular formula is C97H108Cl7N11O16. The number of unbranched alkanes of at least 4 members (excludes halogenated alkanes) is 1. The Labute approximate surface area is 798 Å². The number of hydrogen-bond donors (Lipinski definition) is 5. The van der Waals surface area contributed by atoms with E-state index < -0.39 is 88.0 Å². The fourth-order valence-electron chi connectivity index (χ4n) is 13.3. The Kier molecular flexibility index (Phi) is 37.9. The Morgan fingerprint density at radius 2 is 1.09 bits per heavy atom. The second-order valence-electron chi connectivity index (χ2n) is 33.8. The van der Waals surface area contributed by atoms with Crippen LogP contribution in [0.3, 0.4) is 0 Å². The van der Waals surface area contributed by atoms with Gasteiger partial charge in [-0.25, -0.2) is 9.69 Å². The van der Waals surface area contributed by atoms with Gasteiger partial charge in [0.15, 0.2) is 23.7 Å². The summed E-state index contributed by atoms with van der Waals surface area (Å²) >= 11 is 42.9. The molecule has 0 saturated carbocycles. The molecule has 10 amide bonds. The van der Waals surface area contributed by atoms with E-state index in [2.05, 4.69) is 36.8 Å². The molecule has 1 fully saturated rings. The predicted molar refractivity (Wildman–Crippen MR) is 514 cm³/mol. The number of anilines is 5. The standard InChI is InChI=1S/C28H25Cl3N4O4.C26H30ClN3O5.C22H29Cl2N3O4.C21H24ClNO3/c1-4-22(39-23-9-8-15(2)10-16(23)3)28(38)32-19-7-5-6-17(11-19)27(37)33-24-14-25(36)35(34-24)26-20(30)12-18(29)13-21(26)31;1-6-35-24-23(33)30(25(34)29(24)15-17-10-8-7-9-11-17)20(21(31)26(3,4)5)22(32)28-19-14-16(2)12-13-18(19)27;1-5-7-10-31-20(29)14(3)13-22(4,6-2)21(30)25-18-12-19(28)27(26-18)17-11-15(23)8-9-16(17)24;1-13-6-9-15(10-7-13)26-18(19(24)21(3,4)5)20(25)23-17-12-14(2)8-11-16(17)22/h5-13,22H,4,14H2,1-3H3,(H,32,38)(H,33,34,37);7-14,20,24H,6,15H2,1-5H3,(H,28,32);8-9,11,14H,5-7,10,12-13H2,1-4H3,(H,25,26,30);6-12,18H,1-5H3,(H,23,25). The highest BCUT2D eigenvalue weighted by molar-refractivity contribution is 6.43. The SMILES string of the molecule is CCC(Oc1ccc(C)cc1C)C(=O)Nc1cccc(C(=O)NC2=NN(c3c(Cl)cc(Cl)cc3Cl)C(=O)C2)c1.CCCCOC(=O)C(C)CC(C)(CC)C(=O)NC1=NN(c2cc(Cl)ccc2Cl)C(=O)C1.CCOC1C(=O)N(C(C(=O)Nc2cc(C)ccc2Cl)C(=O)C(C)(C)C)C(=O)N1Cc1ccccc1.Cc1ccc(OC(C(=O)Nc2cc(C)ccc2Cl)C(=O)C(C)(C)C)cc1. The summed E-state index contributed by atoms with van der Waals surface area (Å²) in [5.74, 6) is -4.21. The maximum Gasteiger partial charge on any atom is 0.330 e. The van der Waals surface area contributed by atoms with Gasteiger partial charge >= 0.3 is 12.0 Å². The second kappa shape index (κ2) is 47.2. The van der Waals surface area contributed by atoms with Crippen molar-refractivity contribution >= 4 is 192 Å². The zero-order valence-electron chi connectivity index (χ0n) is 75.9. The molecule has 8 aromatic carbocycles. The van der Waals surface area contributed by atoms with Crippen LogP contribution in [0, 0.1) is 56.8 Å². The van der Waals surface area contributed by atoms with Crippen molar-refractivity contribution in [3.05, 3.63) is 238 Å². The summed E-state index contributed by atoms with van der Waals surface area (Å²) < 4.78 is 22.6. The monoisotopic (exact) mass is 1930 g/mol. The third kappa shape index (κ3) is 28.9. The Morgan fingerprint density at radius 1 is 0.534 bits per heavy atom. The number of amides is 10. The maximum atomic E-state index is 13.5. The fraction of sp³-hybridized carbons (Fsp3) is 0.361. The van der Waals surface area contributed by atoms with E-state index in [0.29, 0.717) is 74.5 Å². The Balaban J connectivity index is 0.000000218. The number of nitrogens with one attached hydrogen (secondary N) is 5. The van der Waals surface area contributed by atoms with Crippen molar-refractivity contribution in [2.75, 3.05) is 39.2 Å². The van der Waals surface area contributed by atoms with E-state index in [0.717, 1.165) is 61.1 Å². The van der Waals surface area contributed by atoms with Gasteiger partial charge in [-0.05, 0) is 180 Å². The highest BCUT2D eigenvalue weighted by atomic mass is 35.5. The van der Waals surface area contributed by atoms with Gasteiger partial charge in [0.05, 0.1) is 74.1 Å². The molecule has 3 aliphatic rings. The first-order chi connectivity index (χ1) is 61.7. The number of halogens is 7. The highest BCUT2D eigenvalue weighted by Gasteiger charge is 2.54. The summed E-state index contributed by atoms with van der Waals surface area (Å²) in [7, 11) is 0. The lowest BCUT2D eigenvalue weighted by atomic mass is 9.78. The van der Waals surface area contributed by atoms with E-state index in [1.54, 1.807) is 135 Å². The van der Waals surface area contributed by atoms with E-state index >= 15 is 0 Å². The van der Waals surface area contributed by atoms with Gasteiger partial charge in [0.1, 0.15) is 28.9 Å².